The lowest BCUT2D eigenvalue weighted by Gasteiger charge is -2.60. The van der Waals surface area contributed by atoms with Crippen LogP contribution in [-0.4, -0.2) is 33.3 Å². The van der Waals surface area contributed by atoms with Crippen molar-refractivity contribution in [3.63, 3.8) is 0 Å². The molecule has 0 unspecified atom stereocenters. The Morgan fingerprint density at radius 2 is 1.62 bits per heavy atom. The third kappa shape index (κ3) is 3.79. The zero-order valence-electron chi connectivity index (χ0n) is 20.8. The number of ketones is 1. The molecule has 0 spiro atoms. The van der Waals surface area contributed by atoms with E-state index in [9.17, 15) is 20.1 Å². The van der Waals surface area contributed by atoms with Crippen LogP contribution in [0, 0.1) is 46.3 Å². The molecule has 4 nitrogen and oxygen atoms in total. The van der Waals surface area contributed by atoms with Crippen LogP contribution < -0.4 is 0 Å². The van der Waals surface area contributed by atoms with Crippen LogP contribution in [-0.2, 0) is 4.79 Å². The smallest absolute Gasteiger partial charge is 0.136 e. The minimum atomic E-state index is -0.934. The summed E-state index contributed by atoms with van der Waals surface area (Å²) in [6, 6.07) is 7.09. The molecule has 3 N–H and O–H groups in total. The van der Waals surface area contributed by atoms with Gasteiger partial charge in [0.15, 0.2) is 0 Å². The highest BCUT2D eigenvalue weighted by atomic mass is 35.5. The largest absolute Gasteiger partial charge is 0.393 e. The lowest BCUT2D eigenvalue weighted by molar-refractivity contribution is -0.161. The summed E-state index contributed by atoms with van der Waals surface area (Å²) >= 11 is 6.00. The van der Waals surface area contributed by atoms with Crippen LogP contribution in [0.5, 0.6) is 0 Å². The normalized spacial score (nSPS) is 44.5. The second kappa shape index (κ2) is 8.87. The van der Waals surface area contributed by atoms with Crippen molar-refractivity contribution in [2.24, 2.45) is 46.3 Å². The molecule has 5 heteroatoms. The summed E-state index contributed by atoms with van der Waals surface area (Å²) in [6.07, 6.45) is 5.40. The fourth-order valence-corrected chi connectivity index (χ4v) is 9.43. The number of carbonyl (C=O) groups excluding carboxylic acids is 1. The molecule has 0 radical (unpaired) electrons. The van der Waals surface area contributed by atoms with E-state index < -0.39 is 12.2 Å². The second-order valence-electron chi connectivity index (χ2n) is 12.6. The molecule has 4 saturated carbocycles. The van der Waals surface area contributed by atoms with Gasteiger partial charge >= 0.3 is 0 Å². The first-order chi connectivity index (χ1) is 16.1. The van der Waals surface area contributed by atoms with E-state index in [4.69, 9.17) is 11.6 Å². The van der Waals surface area contributed by atoms with Crippen molar-refractivity contribution in [2.75, 3.05) is 0 Å². The van der Waals surface area contributed by atoms with Gasteiger partial charge < -0.3 is 15.3 Å². The minimum Gasteiger partial charge on any atom is -0.393 e. The van der Waals surface area contributed by atoms with Crippen LogP contribution in [0.25, 0.3) is 0 Å². The number of aliphatic hydroxyl groups is 3. The summed E-state index contributed by atoms with van der Waals surface area (Å²) in [6.45, 7) is 6.83. The summed E-state index contributed by atoms with van der Waals surface area (Å²) in [4.78, 5) is 13.3. The Morgan fingerprint density at radius 1 is 0.971 bits per heavy atom. The van der Waals surface area contributed by atoms with Crippen LogP contribution in [0.1, 0.15) is 83.8 Å². The summed E-state index contributed by atoms with van der Waals surface area (Å²) < 4.78 is 0. The number of benzene rings is 1. The SMILES string of the molecule is C[C@H]([C@H](O)[C@@H](O)c1ccc(Cl)cc1)[C@H]1CC[C@H]2[C@@H]3CC(=O)[C@H]4C[C@H](O)CC[C@]4(C)[C@H]3CC[C@]12C. The molecule has 1 aromatic rings. The molecule has 4 fully saturated rings. The quantitative estimate of drug-likeness (QED) is 0.517. The van der Waals surface area contributed by atoms with Gasteiger partial charge in [-0.05, 0) is 103 Å². The van der Waals surface area contributed by atoms with Crippen LogP contribution in [0.2, 0.25) is 5.02 Å². The van der Waals surface area contributed by atoms with Gasteiger partial charge in [0, 0.05) is 17.4 Å². The van der Waals surface area contributed by atoms with E-state index >= 15 is 0 Å². The molecule has 0 saturated heterocycles. The Kier molecular flexibility index (Phi) is 6.45. The van der Waals surface area contributed by atoms with Crippen molar-refractivity contribution in [2.45, 2.75) is 90.4 Å². The first-order valence-electron chi connectivity index (χ1n) is 13.4. The lowest BCUT2D eigenvalue weighted by Crippen LogP contribution is -2.57. The van der Waals surface area contributed by atoms with E-state index in [1.54, 1.807) is 24.3 Å². The number of halogens is 1. The van der Waals surface area contributed by atoms with Crippen LogP contribution in [0.15, 0.2) is 24.3 Å². The third-order valence-corrected chi connectivity index (χ3v) is 11.5. The molecule has 4 aliphatic carbocycles. The summed E-state index contributed by atoms with van der Waals surface area (Å²) in [7, 11) is 0. The number of hydrogen-bond donors (Lipinski definition) is 3. The van der Waals surface area contributed by atoms with E-state index in [-0.39, 0.29) is 28.8 Å². The fraction of sp³-hybridized carbons (Fsp3) is 0.759. The van der Waals surface area contributed by atoms with Crippen molar-refractivity contribution >= 4 is 17.4 Å². The fourth-order valence-electron chi connectivity index (χ4n) is 9.31. The number of fused-ring (bicyclic) bond motifs is 5. The highest BCUT2D eigenvalue weighted by Crippen LogP contribution is 2.68. The van der Waals surface area contributed by atoms with Crippen molar-refractivity contribution in [1.29, 1.82) is 0 Å². The summed E-state index contributed by atoms with van der Waals surface area (Å²) in [5.74, 6) is 2.15. The monoisotopic (exact) mass is 488 g/mol. The van der Waals surface area contributed by atoms with Crippen molar-refractivity contribution in [1.82, 2.24) is 0 Å². The highest BCUT2D eigenvalue weighted by molar-refractivity contribution is 6.30. The Bertz CT molecular complexity index is 917. The molecule has 0 aliphatic heterocycles. The third-order valence-electron chi connectivity index (χ3n) is 11.2. The average Bonchev–Trinajstić information content (AvgIpc) is 3.17. The Morgan fingerprint density at radius 3 is 2.32 bits per heavy atom. The molecule has 1 aromatic carbocycles. The average molecular weight is 489 g/mol. The van der Waals surface area contributed by atoms with Crippen molar-refractivity contribution < 1.29 is 20.1 Å². The minimum absolute atomic E-state index is 0.0224. The molecule has 0 amide bonds. The van der Waals surface area contributed by atoms with Crippen molar-refractivity contribution in [3.8, 4) is 0 Å². The van der Waals surface area contributed by atoms with Gasteiger partial charge in [-0.25, -0.2) is 0 Å². The topological polar surface area (TPSA) is 77.8 Å². The highest BCUT2D eigenvalue weighted by Gasteiger charge is 2.62. The van der Waals surface area contributed by atoms with Gasteiger partial charge in [0.2, 0.25) is 0 Å². The maximum Gasteiger partial charge on any atom is 0.136 e. The zero-order valence-corrected chi connectivity index (χ0v) is 21.5. The van der Waals surface area contributed by atoms with Gasteiger partial charge in [0.25, 0.3) is 0 Å². The van der Waals surface area contributed by atoms with Crippen LogP contribution in [0.4, 0.5) is 0 Å². The van der Waals surface area contributed by atoms with Gasteiger partial charge in [0.05, 0.1) is 12.2 Å². The molecule has 0 heterocycles. The Labute approximate surface area is 209 Å². The molecule has 4 aliphatic rings. The second-order valence-corrected chi connectivity index (χ2v) is 13.0. The standard InChI is InChI=1S/C29H41ClO4/c1-16(26(33)27(34)17-4-6-18(30)7-5-17)21-8-9-22-20-15-25(32)24-14-19(31)10-12-29(24,3)23(20)11-13-28(21,22)2/h4-7,16,19-24,26-27,31,33-34H,8-15H2,1-3H3/t16-,19+,20-,21+,22-,23-,24+,26-,27-,28+,29+/m0/s1. The molecular weight excluding hydrogens is 448 g/mol. The molecule has 0 bridgehead atoms. The van der Waals surface area contributed by atoms with Crippen molar-refractivity contribution in [3.05, 3.63) is 34.9 Å². The van der Waals surface area contributed by atoms with E-state index in [2.05, 4.69) is 20.8 Å². The van der Waals surface area contributed by atoms with Gasteiger partial charge in [0.1, 0.15) is 11.9 Å². The maximum absolute atomic E-state index is 13.3. The maximum atomic E-state index is 13.3. The number of rotatable bonds is 4. The summed E-state index contributed by atoms with van der Waals surface area (Å²) in [5, 5.41) is 33.0. The van der Waals surface area contributed by atoms with E-state index in [1.807, 2.05) is 0 Å². The predicted molar refractivity (Wildman–Crippen MR) is 133 cm³/mol. The number of hydrogen-bond acceptors (Lipinski definition) is 4. The molecule has 11 atom stereocenters. The molecule has 5 rings (SSSR count). The van der Waals surface area contributed by atoms with Gasteiger partial charge in [-0.3, -0.25) is 4.79 Å². The Balaban J connectivity index is 1.36. The Hall–Kier alpha value is -0.940. The molecule has 34 heavy (non-hydrogen) atoms. The zero-order chi connectivity index (χ0) is 24.4. The van der Waals surface area contributed by atoms with Crippen LogP contribution in [0.3, 0.4) is 0 Å². The first kappa shape index (κ1) is 24.7. The van der Waals surface area contributed by atoms with Gasteiger partial charge in [-0.2, -0.15) is 0 Å². The van der Waals surface area contributed by atoms with E-state index in [1.165, 1.54) is 0 Å². The van der Waals surface area contributed by atoms with Gasteiger partial charge in [-0.15, -0.1) is 0 Å². The molecule has 0 aromatic heterocycles. The predicted octanol–water partition coefficient (Wildman–Crippen LogP) is 5.57. The lowest BCUT2D eigenvalue weighted by atomic mass is 9.44. The first-order valence-corrected chi connectivity index (χ1v) is 13.8. The number of Topliss-reactive ketones (excluding diaryl/α,β-unsaturated/α-hetero) is 1. The van der Waals surface area contributed by atoms with E-state index in [0.29, 0.717) is 52.9 Å². The van der Waals surface area contributed by atoms with Crippen LogP contribution >= 0.6 is 11.6 Å². The number of aliphatic hydroxyl groups excluding tert-OH is 3. The summed E-state index contributed by atoms with van der Waals surface area (Å²) in [5.41, 5.74) is 0.802. The number of carbonyl (C=O) groups is 1. The van der Waals surface area contributed by atoms with Gasteiger partial charge in [-0.1, -0.05) is 44.5 Å². The molecule has 188 valence electrons. The van der Waals surface area contributed by atoms with E-state index in [0.717, 1.165) is 38.5 Å². The molecular formula is C29H41ClO4.